The molecule has 0 fully saturated rings. The second-order valence-electron chi connectivity index (χ2n) is 6.31. The molecule has 1 N–H and O–H groups in total. The largest absolute Gasteiger partial charge is 0.494 e. The number of carbonyl (C=O) groups excluding carboxylic acids is 2. The topological polar surface area (TPSA) is 64.6 Å². The van der Waals surface area contributed by atoms with Gasteiger partial charge in [0.2, 0.25) is 0 Å². The van der Waals surface area contributed by atoms with Crippen LogP contribution in [-0.4, -0.2) is 25.1 Å². The van der Waals surface area contributed by atoms with Crippen LogP contribution in [0.2, 0.25) is 0 Å². The molecule has 2 aromatic carbocycles. The maximum absolute atomic E-state index is 12.4. The first-order chi connectivity index (χ1) is 12.5. The van der Waals surface area contributed by atoms with Crippen molar-refractivity contribution in [3.05, 3.63) is 59.7 Å². The monoisotopic (exact) mass is 355 g/mol. The number of hydrogen-bond donors (Lipinski definition) is 1. The van der Waals surface area contributed by atoms with Crippen molar-refractivity contribution < 1.29 is 19.1 Å². The van der Waals surface area contributed by atoms with Crippen LogP contribution in [0.15, 0.2) is 48.5 Å². The van der Waals surface area contributed by atoms with Crippen LogP contribution in [0.1, 0.15) is 47.9 Å². The Bertz CT molecular complexity index is 738. The van der Waals surface area contributed by atoms with E-state index in [9.17, 15) is 9.59 Å². The van der Waals surface area contributed by atoms with Crippen molar-refractivity contribution in [3.63, 3.8) is 0 Å². The maximum atomic E-state index is 12.4. The van der Waals surface area contributed by atoms with Crippen LogP contribution in [0.4, 0.5) is 5.69 Å². The Labute approximate surface area is 154 Å². The van der Waals surface area contributed by atoms with Gasteiger partial charge in [-0.25, -0.2) is 4.79 Å². The molecule has 0 saturated heterocycles. The van der Waals surface area contributed by atoms with Gasteiger partial charge in [0.15, 0.2) is 0 Å². The third-order valence-electron chi connectivity index (χ3n) is 3.71. The Balaban J connectivity index is 1.97. The molecule has 5 nitrogen and oxygen atoms in total. The summed E-state index contributed by atoms with van der Waals surface area (Å²) in [4.78, 5) is 24.1. The molecule has 0 aliphatic heterocycles. The zero-order chi connectivity index (χ0) is 18.9. The molecule has 26 heavy (non-hydrogen) atoms. The summed E-state index contributed by atoms with van der Waals surface area (Å²) in [7, 11) is 0. The zero-order valence-corrected chi connectivity index (χ0v) is 15.5. The van der Waals surface area contributed by atoms with Crippen LogP contribution in [0.5, 0.6) is 5.75 Å². The minimum Gasteiger partial charge on any atom is -0.494 e. The predicted molar refractivity (Wildman–Crippen MR) is 102 cm³/mol. The van der Waals surface area contributed by atoms with Gasteiger partial charge in [0, 0.05) is 11.3 Å². The van der Waals surface area contributed by atoms with E-state index in [1.807, 2.05) is 6.07 Å². The van der Waals surface area contributed by atoms with E-state index in [1.165, 1.54) is 0 Å². The average Bonchev–Trinajstić information content (AvgIpc) is 2.62. The fraction of sp³-hybridized carbons (Fsp3) is 0.333. The first-order valence-corrected chi connectivity index (χ1v) is 8.81. The minimum atomic E-state index is -0.378. The van der Waals surface area contributed by atoms with Gasteiger partial charge in [-0.2, -0.15) is 0 Å². The van der Waals surface area contributed by atoms with Gasteiger partial charge in [0.05, 0.1) is 18.8 Å². The second-order valence-corrected chi connectivity index (χ2v) is 6.31. The third kappa shape index (κ3) is 5.92. The lowest BCUT2D eigenvalue weighted by atomic mass is 10.1. The third-order valence-corrected chi connectivity index (χ3v) is 3.71. The summed E-state index contributed by atoms with van der Waals surface area (Å²) in [6.45, 7) is 6.99. The van der Waals surface area contributed by atoms with E-state index < -0.39 is 0 Å². The van der Waals surface area contributed by atoms with E-state index >= 15 is 0 Å². The van der Waals surface area contributed by atoms with Crippen LogP contribution < -0.4 is 10.1 Å². The molecule has 0 aromatic heterocycles. The molecular weight excluding hydrogens is 330 g/mol. The van der Waals surface area contributed by atoms with Gasteiger partial charge in [-0.15, -0.1) is 0 Å². The maximum Gasteiger partial charge on any atom is 0.338 e. The molecule has 0 aliphatic carbocycles. The number of hydrogen-bond acceptors (Lipinski definition) is 4. The molecule has 0 bridgehead atoms. The predicted octanol–water partition coefficient (Wildman–Crippen LogP) is 4.54. The van der Waals surface area contributed by atoms with Crippen LogP contribution >= 0.6 is 0 Å². The van der Waals surface area contributed by atoms with E-state index in [-0.39, 0.29) is 11.9 Å². The summed E-state index contributed by atoms with van der Waals surface area (Å²) in [6.07, 6.45) is 0.962. The van der Waals surface area contributed by atoms with E-state index in [4.69, 9.17) is 9.47 Å². The Hall–Kier alpha value is -2.82. The molecule has 0 aliphatic rings. The van der Waals surface area contributed by atoms with Gasteiger partial charge in [-0.1, -0.05) is 19.9 Å². The Morgan fingerprint density at radius 1 is 1.04 bits per heavy atom. The fourth-order valence-corrected chi connectivity index (χ4v) is 2.25. The molecule has 0 saturated carbocycles. The quantitative estimate of drug-likeness (QED) is 0.706. The smallest absolute Gasteiger partial charge is 0.338 e. The van der Waals surface area contributed by atoms with Gasteiger partial charge in [0.1, 0.15) is 5.75 Å². The zero-order valence-electron chi connectivity index (χ0n) is 15.5. The summed E-state index contributed by atoms with van der Waals surface area (Å²) in [5.41, 5.74) is 1.57. The lowest BCUT2D eigenvalue weighted by molar-refractivity contribution is 0.0526. The molecule has 2 aromatic rings. The van der Waals surface area contributed by atoms with Crippen LogP contribution in [0.3, 0.4) is 0 Å². The first-order valence-electron chi connectivity index (χ1n) is 8.81. The number of carbonyl (C=O) groups is 2. The first kappa shape index (κ1) is 19.5. The number of nitrogens with one attached hydrogen (secondary N) is 1. The Morgan fingerprint density at radius 2 is 1.77 bits per heavy atom. The lowest BCUT2D eigenvalue weighted by Crippen LogP contribution is -2.12. The summed E-state index contributed by atoms with van der Waals surface area (Å²) in [5.74, 6) is 0.634. The Kier molecular flexibility index (Phi) is 7.21. The van der Waals surface area contributed by atoms with Gasteiger partial charge >= 0.3 is 5.97 Å². The van der Waals surface area contributed by atoms with Crippen molar-refractivity contribution in [1.82, 2.24) is 0 Å². The van der Waals surface area contributed by atoms with E-state index in [1.54, 1.807) is 49.4 Å². The average molecular weight is 355 g/mol. The molecule has 0 radical (unpaired) electrons. The van der Waals surface area contributed by atoms with Crippen LogP contribution in [0.25, 0.3) is 0 Å². The van der Waals surface area contributed by atoms with Crippen LogP contribution in [-0.2, 0) is 4.74 Å². The van der Waals surface area contributed by atoms with Gasteiger partial charge < -0.3 is 14.8 Å². The summed E-state index contributed by atoms with van der Waals surface area (Å²) in [5, 5.41) is 2.81. The molecule has 0 atom stereocenters. The number of esters is 1. The summed E-state index contributed by atoms with van der Waals surface area (Å²) in [6, 6.07) is 13.7. The second kappa shape index (κ2) is 9.61. The molecule has 1 amide bonds. The van der Waals surface area contributed by atoms with Crippen molar-refractivity contribution in [2.75, 3.05) is 18.5 Å². The number of ether oxygens (including phenoxy) is 2. The fourth-order valence-electron chi connectivity index (χ4n) is 2.25. The molecule has 138 valence electrons. The molecule has 0 heterocycles. The van der Waals surface area contributed by atoms with Gasteiger partial charge in [-0.3, -0.25) is 4.79 Å². The highest BCUT2D eigenvalue weighted by molar-refractivity contribution is 6.04. The van der Waals surface area contributed by atoms with Gasteiger partial charge in [-0.05, 0) is 61.7 Å². The highest BCUT2D eigenvalue weighted by Gasteiger charge is 2.09. The number of anilines is 1. The molecule has 0 unspecified atom stereocenters. The minimum absolute atomic E-state index is 0.233. The normalized spacial score (nSPS) is 10.5. The van der Waals surface area contributed by atoms with Crippen molar-refractivity contribution in [2.24, 2.45) is 5.92 Å². The van der Waals surface area contributed by atoms with Gasteiger partial charge in [0.25, 0.3) is 5.91 Å². The number of rotatable bonds is 8. The molecular formula is C21H25NO4. The number of amides is 1. The van der Waals surface area contributed by atoms with Crippen molar-refractivity contribution in [3.8, 4) is 5.75 Å². The highest BCUT2D eigenvalue weighted by Crippen LogP contribution is 2.17. The van der Waals surface area contributed by atoms with E-state index in [2.05, 4.69) is 19.2 Å². The standard InChI is InChI=1S/C21H25NO4/c1-4-25-21(24)16-8-10-18(11-9-16)22-20(23)17-6-5-7-19(14-17)26-13-12-15(2)3/h5-11,14-15H,4,12-13H2,1-3H3,(H,22,23). The Morgan fingerprint density at radius 3 is 2.42 bits per heavy atom. The van der Waals surface area contributed by atoms with Crippen molar-refractivity contribution in [1.29, 1.82) is 0 Å². The summed E-state index contributed by atoms with van der Waals surface area (Å²) < 4.78 is 10.6. The molecule has 2 rings (SSSR count). The van der Waals surface area contributed by atoms with E-state index in [0.29, 0.717) is 41.7 Å². The van der Waals surface area contributed by atoms with E-state index in [0.717, 1.165) is 6.42 Å². The molecule has 5 heteroatoms. The van der Waals surface area contributed by atoms with Crippen LogP contribution in [0, 0.1) is 5.92 Å². The lowest BCUT2D eigenvalue weighted by Gasteiger charge is -2.10. The highest BCUT2D eigenvalue weighted by atomic mass is 16.5. The summed E-state index contributed by atoms with van der Waals surface area (Å²) >= 11 is 0. The SMILES string of the molecule is CCOC(=O)c1ccc(NC(=O)c2cccc(OCCC(C)C)c2)cc1. The van der Waals surface area contributed by atoms with Crippen molar-refractivity contribution in [2.45, 2.75) is 27.2 Å². The number of benzene rings is 2. The van der Waals surface area contributed by atoms with Crippen molar-refractivity contribution >= 4 is 17.6 Å². The molecule has 0 spiro atoms.